The Labute approximate surface area is 132 Å². The van der Waals surface area contributed by atoms with E-state index in [9.17, 15) is 10.2 Å². The van der Waals surface area contributed by atoms with Crippen molar-refractivity contribution < 1.29 is 14.9 Å². The minimum absolute atomic E-state index is 0.0945. The molecule has 3 aromatic rings. The SMILES string of the molecule is O[C@@H]1[C@@H](O)c2ccc3c(c2C2O[C@@H]21)-c1cccc2cccc-3c12. The standard InChI is InChI=1S/C20H14O3/c21-17-13-8-7-11-10-5-1-3-9-4-2-6-12(14(9)10)15(11)16(13)19-20(23-19)18(17)22/h1-8,17-22H/t17-,18+,19?,20+/m0/s1. The van der Waals surface area contributed by atoms with Crippen LogP contribution in [0.25, 0.3) is 33.0 Å². The third-order valence-corrected chi connectivity index (χ3v) is 5.53. The molecule has 112 valence electrons. The molecule has 1 fully saturated rings. The number of benzene rings is 3. The summed E-state index contributed by atoms with van der Waals surface area (Å²) in [5.74, 6) is 0. The molecule has 0 bridgehead atoms. The number of epoxide rings is 1. The third kappa shape index (κ3) is 1.33. The lowest BCUT2D eigenvalue weighted by atomic mass is 9.82. The average Bonchev–Trinajstić information content (AvgIpc) is 3.32. The first-order valence-corrected chi connectivity index (χ1v) is 7.96. The Morgan fingerprint density at radius 3 is 2.43 bits per heavy atom. The Kier molecular flexibility index (Phi) is 2.03. The zero-order chi connectivity index (χ0) is 15.3. The van der Waals surface area contributed by atoms with Crippen molar-refractivity contribution in [2.45, 2.75) is 24.4 Å². The van der Waals surface area contributed by atoms with E-state index < -0.39 is 12.2 Å². The maximum absolute atomic E-state index is 10.4. The number of rotatable bonds is 0. The van der Waals surface area contributed by atoms with E-state index in [4.69, 9.17) is 4.74 Å². The summed E-state index contributed by atoms with van der Waals surface area (Å²) >= 11 is 0. The van der Waals surface area contributed by atoms with E-state index in [0.29, 0.717) is 0 Å². The van der Waals surface area contributed by atoms with Crippen LogP contribution in [-0.4, -0.2) is 22.4 Å². The van der Waals surface area contributed by atoms with Crippen LogP contribution in [0.3, 0.4) is 0 Å². The van der Waals surface area contributed by atoms with Crippen LogP contribution in [0.2, 0.25) is 0 Å². The maximum Gasteiger partial charge on any atom is 0.118 e. The predicted molar refractivity (Wildman–Crippen MR) is 87.0 cm³/mol. The second kappa shape index (κ2) is 3.82. The molecule has 4 atom stereocenters. The lowest BCUT2D eigenvalue weighted by Crippen LogP contribution is -2.29. The van der Waals surface area contributed by atoms with Crippen LogP contribution in [0.15, 0.2) is 48.5 Å². The summed E-state index contributed by atoms with van der Waals surface area (Å²) in [7, 11) is 0. The van der Waals surface area contributed by atoms with Crippen molar-refractivity contribution >= 4 is 10.8 Å². The van der Waals surface area contributed by atoms with Gasteiger partial charge in [-0.2, -0.15) is 0 Å². The molecule has 1 heterocycles. The van der Waals surface area contributed by atoms with E-state index in [2.05, 4.69) is 42.5 Å². The van der Waals surface area contributed by atoms with Crippen LogP contribution in [0.4, 0.5) is 0 Å². The molecule has 6 rings (SSSR count). The molecule has 3 aromatic carbocycles. The van der Waals surface area contributed by atoms with Crippen molar-refractivity contribution in [3.63, 3.8) is 0 Å². The molecule has 0 amide bonds. The van der Waals surface area contributed by atoms with Crippen molar-refractivity contribution in [1.29, 1.82) is 0 Å². The van der Waals surface area contributed by atoms with Gasteiger partial charge < -0.3 is 14.9 Å². The van der Waals surface area contributed by atoms with Crippen molar-refractivity contribution in [2.75, 3.05) is 0 Å². The molecule has 3 aliphatic rings. The molecule has 1 saturated heterocycles. The fourth-order valence-electron chi connectivity index (χ4n) is 4.47. The van der Waals surface area contributed by atoms with Gasteiger partial charge >= 0.3 is 0 Å². The lowest BCUT2D eigenvalue weighted by Gasteiger charge is -2.25. The van der Waals surface area contributed by atoms with Gasteiger partial charge in [0, 0.05) is 0 Å². The van der Waals surface area contributed by atoms with Crippen LogP contribution in [0, 0.1) is 0 Å². The highest BCUT2D eigenvalue weighted by atomic mass is 16.6. The van der Waals surface area contributed by atoms with Crippen LogP contribution in [0.1, 0.15) is 23.3 Å². The first kappa shape index (κ1) is 12.3. The van der Waals surface area contributed by atoms with Crippen molar-refractivity contribution in [3.8, 4) is 22.3 Å². The van der Waals surface area contributed by atoms with Gasteiger partial charge in [0.2, 0.25) is 0 Å². The van der Waals surface area contributed by atoms with E-state index in [-0.39, 0.29) is 12.2 Å². The molecular formula is C20H14O3. The zero-order valence-corrected chi connectivity index (χ0v) is 12.2. The summed E-state index contributed by atoms with van der Waals surface area (Å²) in [4.78, 5) is 0. The Balaban J connectivity index is 1.76. The van der Waals surface area contributed by atoms with Gasteiger partial charge in [-0.15, -0.1) is 0 Å². The normalized spacial score (nSPS) is 29.1. The minimum atomic E-state index is -0.873. The fraction of sp³-hybridized carbons (Fsp3) is 0.200. The Morgan fingerprint density at radius 1 is 0.826 bits per heavy atom. The molecule has 0 saturated carbocycles. The summed E-state index contributed by atoms with van der Waals surface area (Å²) in [5, 5.41) is 23.1. The smallest absolute Gasteiger partial charge is 0.118 e. The van der Waals surface area contributed by atoms with Gasteiger partial charge in [-0.1, -0.05) is 48.5 Å². The first-order chi connectivity index (χ1) is 11.3. The molecule has 0 radical (unpaired) electrons. The Morgan fingerprint density at radius 2 is 1.61 bits per heavy atom. The molecule has 2 aliphatic carbocycles. The number of fused-ring (bicyclic) bond motifs is 7. The topological polar surface area (TPSA) is 53.0 Å². The van der Waals surface area contributed by atoms with Gasteiger partial charge in [-0.25, -0.2) is 0 Å². The number of hydrogen-bond acceptors (Lipinski definition) is 3. The van der Waals surface area contributed by atoms with Gasteiger partial charge in [0.15, 0.2) is 0 Å². The largest absolute Gasteiger partial charge is 0.387 e. The molecule has 3 heteroatoms. The number of hydrogen-bond donors (Lipinski definition) is 2. The molecule has 3 nitrogen and oxygen atoms in total. The van der Waals surface area contributed by atoms with Gasteiger partial charge in [-0.05, 0) is 44.2 Å². The Hall–Kier alpha value is -2.20. The summed E-state index contributed by atoms with van der Waals surface area (Å²) in [6.45, 7) is 0. The number of aliphatic hydroxyl groups excluding tert-OH is 2. The van der Waals surface area contributed by atoms with Crippen LogP contribution in [0.5, 0.6) is 0 Å². The first-order valence-electron chi connectivity index (χ1n) is 7.96. The lowest BCUT2D eigenvalue weighted by molar-refractivity contribution is 0.0000418. The van der Waals surface area contributed by atoms with E-state index in [1.807, 2.05) is 6.07 Å². The molecule has 1 aliphatic heterocycles. The summed E-state index contributed by atoms with van der Waals surface area (Å²) in [6.07, 6.45) is -2.07. The molecule has 23 heavy (non-hydrogen) atoms. The quantitative estimate of drug-likeness (QED) is 0.490. The van der Waals surface area contributed by atoms with Crippen molar-refractivity contribution in [3.05, 3.63) is 59.7 Å². The second-order valence-electron chi connectivity index (χ2n) is 6.66. The minimum Gasteiger partial charge on any atom is -0.387 e. The highest BCUT2D eigenvalue weighted by Gasteiger charge is 2.55. The summed E-state index contributed by atoms with van der Waals surface area (Å²) in [6, 6.07) is 16.8. The van der Waals surface area contributed by atoms with E-state index in [1.54, 1.807) is 0 Å². The number of ether oxygens (including phenoxy) is 1. The predicted octanol–water partition coefficient (Wildman–Crippen LogP) is 3.34. The van der Waals surface area contributed by atoms with E-state index in [0.717, 1.165) is 11.1 Å². The highest BCUT2D eigenvalue weighted by molar-refractivity contribution is 6.16. The van der Waals surface area contributed by atoms with E-state index >= 15 is 0 Å². The summed E-state index contributed by atoms with van der Waals surface area (Å²) < 4.78 is 5.70. The average molecular weight is 302 g/mol. The maximum atomic E-state index is 10.4. The summed E-state index contributed by atoms with van der Waals surface area (Å²) in [5.41, 5.74) is 6.70. The Bertz CT molecular complexity index is 1000. The molecule has 0 spiro atoms. The van der Waals surface area contributed by atoms with Gasteiger partial charge in [0.05, 0.1) is 0 Å². The molecule has 0 aromatic heterocycles. The molecule has 1 unspecified atom stereocenters. The monoisotopic (exact) mass is 302 g/mol. The van der Waals surface area contributed by atoms with Gasteiger partial charge in [0.25, 0.3) is 0 Å². The fourth-order valence-corrected chi connectivity index (χ4v) is 4.47. The second-order valence-corrected chi connectivity index (χ2v) is 6.66. The molecular weight excluding hydrogens is 288 g/mol. The van der Waals surface area contributed by atoms with Gasteiger partial charge in [-0.3, -0.25) is 0 Å². The van der Waals surface area contributed by atoms with Crippen LogP contribution >= 0.6 is 0 Å². The highest BCUT2D eigenvalue weighted by Crippen LogP contribution is 2.58. The number of aliphatic hydroxyl groups is 2. The van der Waals surface area contributed by atoms with Crippen LogP contribution < -0.4 is 0 Å². The zero-order valence-electron chi connectivity index (χ0n) is 12.2. The molecule has 2 N–H and O–H groups in total. The van der Waals surface area contributed by atoms with Crippen molar-refractivity contribution in [1.82, 2.24) is 0 Å². The van der Waals surface area contributed by atoms with E-state index in [1.165, 1.54) is 33.0 Å². The van der Waals surface area contributed by atoms with Crippen LogP contribution in [-0.2, 0) is 4.74 Å². The third-order valence-electron chi connectivity index (χ3n) is 5.53. The van der Waals surface area contributed by atoms with Gasteiger partial charge in [0.1, 0.15) is 24.4 Å². The van der Waals surface area contributed by atoms with Crippen molar-refractivity contribution in [2.24, 2.45) is 0 Å².